The standard InChI is InChI=1S/C24H32N2O.C3H6O2.C2H6O/c1-19-7-8-21(15-24(19)22-9-10-22)16-25-13-11-20(12-14-25)17-26(18-27)23-5-3-2-4-6-23;1-2-3(4)5;1-3-2/h2-8,18,20-22H,9-17H2,1H3;2H2,1H3,(H,4,5);1-2H3. The summed E-state index contributed by atoms with van der Waals surface area (Å²) in [6.45, 7) is 8.26. The molecule has 4 rings (SSSR count). The van der Waals surface area contributed by atoms with Gasteiger partial charge in [-0.15, -0.1) is 0 Å². The Kier molecular flexibility index (Phi) is 12.8. The maximum Gasteiger partial charge on any atom is 0.303 e. The lowest BCUT2D eigenvalue weighted by Gasteiger charge is -2.36. The molecule has 1 atom stereocenters. The van der Waals surface area contributed by atoms with Crippen molar-refractivity contribution in [2.24, 2.45) is 17.8 Å². The molecule has 1 aliphatic heterocycles. The van der Waals surface area contributed by atoms with Crippen LogP contribution >= 0.6 is 0 Å². The molecule has 2 fully saturated rings. The van der Waals surface area contributed by atoms with Crippen LogP contribution in [0.25, 0.3) is 0 Å². The van der Waals surface area contributed by atoms with Crippen LogP contribution in [-0.4, -0.2) is 62.8 Å². The number of piperidine rings is 1. The molecule has 6 nitrogen and oxygen atoms in total. The Morgan fingerprint density at radius 3 is 2.26 bits per heavy atom. The maximum atomic E-state index is 11.5. The van der Waals surface area contributed by atoms with Crippen molar-refractivity contribution in [1.82, 2.24) is 4.90 Å². The van der Waals surface area contributed by atoms with E-state index in [1.807, 2.05) is 35.2 Å². The average Bonchev–Trinajstić information content (AvgIpc) is 3.71. The quantitative estimate of drug-likeness (QED) is 0.500. The van der Waals surface area contributed by atoms with Crippen LogP contribution in [0.4, 0.5) is 5.69 Å². The molecule has 1 N–H and O–H groups in total. The van der Waals surface area contributed by atoms with Crippen molar-refractivity contribution in [3.05, 3.63) is 53.6 Å². The number of hydrogen-bond acceptors (Lipinski definition) is 4. The zero-order valence-electron chi connectivity index (χ0n) is 22.0. The van der Waals surface area contributed by atoms with Crippen LogP contribution in [0.15, 0.2) is 53.6 Å². The van der Waals surface area contributed by atoms with E-state index in [4.69, 9.17) is 5.11 Å². The van der Waals surface area contributed by atoms with Crippen molar-refractivity contribution in [3.63, 3.8) is 0 Å². The second-order valence-corrected chi connectivity index (χ2v) is 9.80. The summed E-state index contributed by atoms with van der Waals surface area (Å²) in [5, 5.41) is 7.72. The molecule has 1 saturated carbocycles. The molecular formula is C29H44N2O4. The Morgan fingerprint density at radius 2 is 1.74 bits per heavy atom. The summed E-state index contributed by atoms with van der Waals surface area (Å²) in [4.78, 5) is 25.4. The van der Waals surface area contributed by atoms with E-state index in [0.29, 0.717) is 11.8 Å². The van der Waals surface area contributed by atoms with Crippen LogP contribution in [0, 0.1) is 17.8 Å². The number of carbonyl (C=O) groups excluding carboxylic acids is 1. The number of carboxylic acid groups (broad SMARTS) is 1. The number of nitrogens with zero attached hydrogens (tertiary/aromatic N) is 2. The fraction of sp³-hybridized carbons (Fsp3) is 0.586. The molecule has 0 aromatic heterocycles. The normalized spacial score (nSPS) is 20.3. The number of para-hydroxylation sites is 1. The van der Waals surface area contributed by atoms with Gasteiger partial charge in [-0.2, -0.15) is 0 Å². The van der Waals surface area contributed by atoms with Crippen LogP contribution < -0.4 is 4.90 Å². The SMILES string of the molecule is CC1=C(C2CC2)CC(CN2CCC(CN(C=O)c3ccccc3)CC2)C=C1.CCC(=O)O.COC. The molecule has 0 radical (unpaired) electrons. The van der Waals surface area contributed by atoms with Crippen molar-refractivity contribution in [2.45, 2.75) is 52.4 Å². The molecule has 1 unspecified atom stereocenters. The number of allylic oxidation sites excluding steroid dienone is 3. The summed E-state index contributed by atoms with van der Waals surface area (Å²) in [6, 6.07) is 10.0. The second-order valence-electron chi connectivity index (χ2n) is 9.80. The maximum absolute atomic E-state index is 11.5. The highest BCUT2D eigenvalue weighted by Crippen LogP contribution is 2.43. The van der Waals surface area contributed by atoms with E-state index >= 15 is 0 Å². The number of carbonyl (C=O) groups is 2. The highest BCUT2D eigenvalue weighted by atomic mass is 16.4. The summed E-state index contributed by atoms with van der Waals surface area (Å²) in [5.41, 5.74) is 4.28. The Balaban J connectivity index is 0.000000473. The van der Waals surface area contributed by atoms with Crippen LogP contribution in [0.2, 0.25) is 0 Å². The average molecular weight is 485 g/mol. The van der Waals surface area contributed by atoms with Crippen LogP contribution in [-0.2, 0) is 14.3 Å². The van der Waals surface area contributed by atoms with E-state index in [2.05, 4.69) is 28.7 Å². The number of ether oxygens (including phenoxy) is 1. The molecule has 1 aromatic carbocycles. The van der Waals surface area contributed by atoms with Gasteiger partial charge in [-0.25, -0.2) is 0 Å². The van der Waals surface area contributed by atoms with Gasteiger partial charge in [0.15, 0.2) is 0 Å². The van der Waals surface area contributed by atoms with Gasteiger partial charge in [0.05, 0.1) is 0 Å². The fourth-order valence-electron chi connectivity index (χ4n) is 4.73. The van der Waals surface area contributed by atoms with Gasteiger partial charge in [0.25, 0.3) is 0 Å². The van der Waals surface area contributed by atoms with Gasteiger partial charge < -0.3 is 19.6 Å². The number of benzene rings is 1. The summed E-state index contributed by atoms with van der Waals surface area (Å²) in [6.07, 6.45) is 12.5. The fourth-order valence-corrected chi connectivity index (χ4v) is 4.73. The molecular weight excluding hydrogens is 440 g/mol. The number of anilines is 1. The van der Waals surface area contributed by atoms with Gasteiger partial charge in [-0.3, -0.25) is 9.59 Å². The lowest BCUT2D eigenvalue weighted by atomic mass is 9.86. The first-order valence-electron chi connectivity index (χ1n) is 12.9. The van der Waals surface area contributed by atoms with Crippen molar-refractivity contribution in [3.8, 4) is 0 Å². The first-order chi connectivity index (χ1) is 16.9. The summed E-state index contributed by atoms with van der Waals surface area (Å²) in [7, 11) is 3.25. The first-order valence-corrected chi connectivity index (χ1v) is 12.9. The van der Waals surface area contributed by atoms with Gasteiger partial charge in [0.1, 0.15) is 0 Å². The summed E-state index contributed by atoms with van der Waals surface area (Å²) >= 11 is 0. The molecule has 0 bridgehead atoms. The Hall–Kier alpha value is -2.44. The lowest BCUT2D eigenvalue weighted by molar-refractivity contribution is -0.136. The van der Waals surface area contributed by atoms with E-state index in [0.717, 1.165) is 37.6 Å². The van der Waals surface area contributed by atoms with Crippen molar-refractivity contribution in [1.29, 1.82) is 0 Å². The van der Waals surface area contributed by atoms with Gasteiger partial charge in [-0.05, 0) is 82.0 Å². The molecule has 35 heavy (non-hydrogen) atoms. The molecule has 1 amide bonds. The first kappa shape index (κ1) is 28.8. The van der Waals surface area contributed by atoms with Crippen LogP contribution in [0.5, 0.6) is 0 Å². The number of carboxylic acids is 1. The van der Waals surface area contributed by atoms with Gasteiger partial charge in [0, 0.05) is 39.4 Å². The van der Waals surface area contributed by atoms with Crippen molar-refractivity contribution >= 4 is 18.1 Å². The van der Waals surface area contributed by atoms with Gasteiger partial charge in [-0.1, -0.05) is 48.4 Å². The molecule has 1 heterocycles. The predicted octanol–water partition coefficient (Wildman–Crippen LogP) is 5.41. The zero-order valence-corrected chi connectivity index (χ0v) is 22.0. The molecule has 1 saturated heterocycles. The third kappa shape index (κ3) is 10.4. The number of rotatable bonds is 8. The minimum atomic E-state index is -0.745. The minimum absolute atomic E-state index is 0.222. The Labute approximate surface area is 211 Å². The molecule has 1 aromatic rings. The summed E-state index contributed by atoms with van der Waals surface area (Å²) in [5.74, 6) is 1.45. The lowest BCUT2D eigenvalue weighted by Crippen LogP contribution is -2.40. The highest BCUT2D eigenvalue weighted by molar-refractivity contribution is 5.74. The van der Waals surface area contributed by atoms with E-state index < -0.39 is 5.97 Å². The highest BCUT2D eigenvalue weighted by Gasteiger charge is 2.31. The summed E-state index contributed by atoms with van der Waals surface area (Å²) < 4.78 is 4.25. The van der Waals surface area contributed by atoms with Crippen LogP contribution in [0.1, 0.15) is 52.4 Å². The number of amides is 1. The van der Waals surface area contributed by atoms with Gasteiger partial charge >= 0.3 is 5.97 Å². The largest absolute Gasteiger partial charge is 0.481 e. The van der Waals surface area contributed by atoms with E-state index in [9.17, 15) is 9.59 Å². The van der Waals surface area contributed by atoms with Crippen LogP contribution in [0.3, 0.4) is 0 Å². The van der Waals surface area contributed by atoms with E-state index in [1.165, 1.54) is 44.2 Å². The Bertz CT molecular complexity index is 824. The smallest absolute Gasteiger partial charge is 0.303 e. The van der Waals surface area contributed by atoms with Crippen molar-refractivity contribution < 1.29 is 19.4 Å². The third-order valence-electron chi connectivity index (χ3n) is 6.85. The number of methoxy groups -OCH3 is 1. The van der Waals surface area contributed by atoms with Gasteiger partial charge in [0.2, 0.25) is 6.41 Å². The second kappa shape index (κ2) is 15.5. The minimum Gasteiger partial charge on any atom is -0.481 e. The topological polar surface area (TPSA) is 70.1 Å². The number of aliphatic carboxylic acids is 1. The molecule has 2 aliphatic carbocycles. The monoisotopic (exact) mass is 484 g/mol. The molecule has 0 spiro atoms. The van der Waals surface area contributed by atoms with Crippen molar-refractivity contribution in [2.75, 3.05) is 45.3 Å². The molecule has 6 heteroatoms. The predicted molar refractivity (Wildman–Crippen MR) is 143 cm³/mol. The third-order valence-corrected chi connectivity index (χ3v) is 6.85. The number of hydrogen-bond donors (Lipinski definition) is 1. The van der Waals surface area contributed by atoms with E-state index in [-0.39, 0.29) is 6.42 Å². The molecule has 194 valence electrons. The number of likely N-dealkylation sites (tertiary alicyclic amines) is 1. The zero-order chi connectivity index (χ0) is 25.6. The molecule has 3 aliphatic rings. The Morgan fingerprint density at radius 1 is 1.14 bits per heavy atom. The van der Waals surface area contributed by atoms with E-state index in [1.54, 1.807) is 26.7 Å².